The fourth-order valence-electron chi connectivity index (χ4n) is 2.64. The van der Waals surface area contributed by atoms with Gasteiger partial charge in [-0.15, -0.1) is 0 Å². The number of carbonyl (C=O) groups is 1. The van der Waals surface area contributed by atoms with Gasteiger partial charge in [-0.1, -0.05) is 12.8 Å². The molecule has 0 aromatic heterocycles. The molecule has 2 aliphatic rings. The van der Waals surface area contributed by atoms with E-state index < -0.39 is 0 Å². The van der Waals surface area contributed by atoms with Crippen LogP contribution < -0.4 is 11.1 Å². The summed E-state index contributed by atoms with van der Waals surface area (Å²) in [7, 11) is 0. The lowest BCUT2D eigenvalue weighted by atomic mass is 9.83. The van der Waals surface area contributed by atoms with Crippen molar-refractivity contribution in [1.82, 2.24) is 5.32 Å². The molecule has 86 valence electrons. The Morgan fingerprint density at radius 1 is 1.27 bits per heavy atom. The van der Waals surface area contributed by atoms with E-state index in [0.29, 0.717) is 12.1 Å². The normalized spacial score (nSPS) is 36.7. The highest BCUT2D eigenvalue weighted by Gasteiger charge is 2.31. The number of primary amides is 1. The third-order valence-electron chi connectivity index (χ3n) is 3.51. The maximum atomic E-state index is 11.3. The van der Waals surface area contributed by atoms with Gasteiger partial charge in [0.25, 0.3) is 0 Å². The summed E-state index contributed by atoms with van der Waals surface area (Å²) in [5.41, 5.74) is 5.45. The summed E-state index contributed by atoms with van der Waals surface area (Å²) >= 11 is 2.00. The summed E-state index contributed by atoms with van der Waals surface area (Å²) in [4.78, 5) is 11.3. The van der Waals surface area contributed by atoms with Crippen LogP contribution in [0, 0.1) is 5.92 Å². The van der Waals surface area contributed by atoms with Gasteiger partial charge < -0.3 is 11.1 Å². The zero-order valence-electron chi connectivity index (χ0n) is 9.08. The van der Waals surface area contributed by atoms with Gasteiger partial charge in [0.1, 0.15) is 0 Å². The van der Waals surface area contributed by atoms with Crippen LogP contribution in [0.25, 0.3) is 0 Å². The third-order valence-corrected chi connectivity index (χ3v) is 4.67. The van der Waals surface area contributed by atoms with E-state index in [1.165, 1.54) is 24.3 Å². The monoisotopic (exact) mass is 228 g/mol. The molecule has 0 spiro atoms. The first kappa shape index (κ1) is 11.3. The molecule has 3 N–H and O–H groups in total. The van der Waals surface area contributed by atoms with E-state index in [0.717, 1.165) is 19.3 Å². The zero-order valence-corrected chi connectivity index (χ0v) is 9.89. The van der Waals surface area contributed by atoms with E-state index in [1.54, 1.807) is 0 Å². The third kappa shape index (κ3) is 2.88. The van der Waals surface area contributed by atoms with E-state index in [2.05, 4.69) is 5.32 Å². The Balaban J connectivity index is 1.89. The van der Waals surface area contributed by atoms with Crippen LogP contribution in [0.4, 0.5) is 0 Å². The molecule has 2 rings (SSSR count). The van der Waals surface area contributed by atoms with Crippen molar-refractivity contribution in [3.05, 3.63) is 0 Å². The van der Waals surface area contributed by atoms with Crippen LogP contribution in [0.15, 0.2) is 0 Å². The molecule has 3 nitrogen and oxygen atoms in total. The molecule has 0 bridgehead atoms. The second-order valence-corrected chi connectivity index (χ2v) is 5.78. The molecular weight excluding hydrogens is 208 g/mol. The SMILES string of the molecule is NC(=O)C1CCCCC1NC1CCSC1. The van der Waals surface area contributed by atoms with Crippen molar-refractivity contribution in [2.24, 2.45) is 11.7 Å². The lowest BCUT2D eigenvalue weighted by Gasteiger charge is -2.32. The summed E-state index contributed by atoms with van der Waals surface area (Å²) < 4.78 is 0. The highest BCUT2D eigenvalue weighted by Crippen LogP contribution is 2.26. The molecular formula is C11H20N2OS. The number of amides is 1. The highest BCUT2D eigenvalue weighted by atomic mass is 32.2. The maximum absolute atomic E-state index is 11.3. The van der Waals surface area contributed by atoms with E-state index >= 15 is 0 Å². The van der Waals surface area contributed by atoms with E-state index in [1.807, 2.05) is 11.8 Å². The van der Waals surface area contributed by atoms with Crippen LogP contribution in [0.5, 0.6) is 0 Å². The molecule has 15 heavy (non-hydrogen) atoms. The van der Waals surface area contributed by atoms with Gasteiger partial charge in [-0.3, -0.25) is 4.79 Å². The first-order valence-electron chi connectivity index (χ1n) is 5.90. The Labute approximate surface area is 95.6 Å². The zero-order chi connectivity index (χ0) is 10.7. The number of nitrogens with one attached hydrogen (secondary N) is 1. The molecule has 1 aliphatic carbocycles. The number of hydrogen-bond donors (Lipinski definition) is 2. The van der Waals surface area contributed by atoms with Crippen molar-refractivity contribution >= 4 is 17.7 Å². The number of thioether (sulfide) groups is 1. The highest BCUT2D eigenvalue weighted by molar-refractivity contribution is 7.99. The van der Waals surface area contributed by atoms with Crippen molar-refractivity contribution in [1.29, 1.82) is 0 Å². The van der Waals surface area contributed by atoms with Gasteiger partial charge in [0.15, 0.2) is 0 Å². The quantitative estimate of drug-likeness (QED) is 0.761. The predicted octanol–water partition coefficient (Wildman–Crippen LogP) is 1.13. The van der Waals surface area contributed by atoms with Gasteiger partial charge in [-0.05, 0) is 25.0 Å². The second-order valence-electron chi connectivity index (χ2n) is 4.63. The molecule has 2 fully saturated rings. The van der Waals surface area contributed by atoms with E-state index in [-0.39, 0.29) is 11.8 Å². The van der Waals surface area contributed by atoms with Gasteiger partial charge in [-0.2, -0.15) is 11.8 Å². The minimum atomic E-state index is -0.113. The van der Waals surface area contributed by atoms with Crippen LogP contribution in [-0.4, -0.2) is 29.5 Å². The number of hydrogen-bond acceptors (Lipinski definition) is 3. The first-order chi connectivity index (χ1) is 7.27. The molecule has 1 aliphatic heterocycles. The second kappa shape index (κ2) is 5.21. The molecule has 4 heteroatoms. The van der Waals surface area contributed by atoms with E-state index in [9.17, 15) is 4.79 Å². The minimum Gasteiger partial charge on any atom is -0.369 e. The van der Waals surface area contributed by atoms with Crippen LogP contribution in [0.1, 0.15) is 32.1 Å². The predicted molar refractivity (Wildman–Crippen MR) is 63.8 cm³/mol. The fraction of sp³-hybridized carbons (Fsp3) is 0.909. The largest absolute Gasteiger partial charge is 0.369 e. The van der Waals surface area contributed by atoms with E-state index in [4.69, 9.17) is 5.73 Å². The van der Waals surface area contributed by atoms with Gasteiger partial charge in [0, 0.05) is 17.8 Å². The molecule has 1 heterocycles. The lowest BCUT2D eigenvalue weighted by Crippen LogP contribution is -2.48. The van der Waals surface area contributed by atoms with Crippen LogP contribution >= 0.6 is 11.8 Å². The summed E-state index contributed by atoms with van der Waals surface area (Å²) in [5.74, 6) is 2.41. The summed E-state index contributed by atoms with van der Waals surface area (Å²) in [6.07, 6.45) is 5.74. The minimum absolute atomic E-state index is 0.0735. The molecule has 0 aromatic carbocycles. The van der Waals surface area contributed by atoms with Gasteiger partial charge >= 0.3 is 0 Å². The van der Waals surface area contributed by atoms with Crippen molar-refractivity contribution in [3.63, 3.8) is 0 Å². The van der Waals surface area contributed by atoms with Gasteiger partial charge in [0.2, 0.25) is 5.91 Å². The number of nitrogens with two attached hydrogens (primary N) is 1. The van der Waals surface area contributed by atoms with Crippen molar-refractivity contribution in [2.75, 3.05) is 11.5 Å². The maximum Gasteiger partial charge on any atom is 0.222 e. The van der Waals surface area contributed by atoms with Crippen LogP contribution in [0.2, 0.25) is 0 Å². The summed E-state index contributed by atoms with van der Waals surface area (Å²) in [6.45, 7) is 0. The van der Waals surface area contributed by atoms with Crippen molar-refractivity contribution in [2.45, 2.75) is 44.2 Å². The molecule has 0 aromatic rings. The molecule has 1 amide bonds. The molecule has 1 saturated heterocycles. The van der Waals surface area contributed by atoms with Crippen LogP contribution in [0.3, 0.4) is 0 Å². The molecule has 0 radical (unpaired) electrons. The van der Waals surface area contributed by atoms with Crippen molar-refractivity contribution < 1.29 is 4.79 Å². The van der Waals surface area contributed by atoms with Gasteiger partial charge in [0.05, 0.1) is 5.92 Å². The Bertz CT molecular complexity index is 229. The molecule has 3 atom stereocenters. The Morgan fingerprint density at radius 2 is 2.07 bits per heavy atom. The topological polar surface area (TPSA) is 55.1 Å². The first-order valence-corrected chi connectivity index (χ1v) is 7.06. The fourth-order valence-corrected chi connectivity index (χ4v) is 3.80. The number of carbonyl (C=O) groups excluding carboxylic acids is 1. The average molecular weight is 228 g/mol. The average Bonchev–Trinajstić information content (AvgIpc) is 2.71. The standard InChI is InChI=1S/C11H20N2OS/c12-11(14)9-3-1-2-4-10(9)13-8-5-6-15-7-8/h8-10,13H,1-7H2,(H2,12,14). The lowest BCUT2D eigenvalue weighted by molar-refractivity contribution is -0.123. The smallest absolute Gasteiger partial charge is 0.222 e. The van der Waals surface area contributed by atoms with Crippen LogP contribution in [-0.2, 0) is 4.79 Å². The van der Waals surface area contributed by atoms with Crippen molar-refractivity contribution in [3.8, 4) is 0 Å². The Kier molecular flexibility index (Phi) is 3.92. The van der Waals surface area contributed by atoms with Gasteiger partial charge in [-0.25, -0.2) is 0 Å². The summed E-state index contributed by atoms with van der Waals surface area (Å²) in [5, 5.41) is 3.63. The Morgan fingerprint density at radius 3 is 2.73 bits per heavy atom. The summed E-state index contributed by atoms with van der Waals surface area (Å²) in [6, 6.07) is 0.958. The molecule has 3 unspecified atom stereocenters. The molecule has 1 saturated carbocycles. The number of rotatable bonds is 3. The Hall–Kier alpha value is -0.220.